The van der Waals surface area contributed by atoms with Crippen LogP contribution in [-0.2, 0) is 5.41 Å². The standard InChI is InChI=1S/C41H26O4/c42-37-13-5-11-29-27(37)15-17-33(39(29)44)41(34-18-16-28-30(40(34)45)12-6-14-38(28)43)35-21-25-9-3-1-7-23(25)19-31(35)32-20-24-8-2-4-10-26(24)22-36(32)41/h1-22,42-45H. The van der Waals surface area contributed by atoms with E-state index in [4.69, 9.17) is 0 Å². The molecule has 0 amide bonds. The van der Waals surface area contributed by atoms with Crippen LogP contribution in [0.5, 0.6) is 23.0 Å². The molecule has 0 radical (unpaired) electrons. The SMILES string of the molecule is Oc1cccc2c(O)c(C3(c4ccc5c(O)cccc5c4O)c4cc5ccccc5cc4-c4cc5ccccc5cc43)ccc12. The van der Waals surface area contributed by atoms with Crippen LogP contribution in [0.25, 0.3) is 54.2 Å². The van der Waals surface area contributed by atoms with Gasteiger partial charge in [0.25, 0.3) is 0 Å². The van der Waals surface area contributed by atoms with Gasteiger partial charge in [0, 0.05) is 32.7 Å². The maximum Gasteiger partial charge on any atom is 0.128 e. The minimum Gasteiger partial charge on any atom is -0.507 e. The molecular weight excluding hydrogens is 556 g/mol. The summed E-state index contributed by atoms with van der Waals surface area (Å²) in [5, 5.41) is 52.3. The van der Waals surface area contributed by atoms with Gasteiger partial charge in [0.2, 0.25) is 0 Å². The van der Waals surface area contributed by atoms with Crippen molar-refractivity contribution >= 4 is 43.1 Å². The molecule has 8 aromatic carbocycles. The normalized spacial score (nSPS) is 13.4. The van der Waals surface area contributed by atoms with Crippen molar-refractivity contribution in [3.05, 3.63) is 156 Å². The molecule has 1 aliphatic rings. The molecule has 0 unspecified atom stereocenters. The number of hydrogen-bond acceptors (Lipinski definition) is 4. The zero-order valence-corrected chi connectivity index (χ0v) is 24.0. The summed E-state index contributed by atoms with van der Waals surface area (Å²) < 4.78 is 0. The van der Waals surface area contributed by atoms with Crippen molar-refractivity contribution in [1.82, 2.24) is 0 Å². The monoisotopic (exact) mass is 582 g/mol. The fourth-order valence-corrected chi connectivity index (χ4v) is 7.67. The Bertz CT molecular complexity index is 2370. The van der Waals surface area contributed by atoms with Crippen LogP contribution in [-0.4, -0.2) is 20.4 Å². The van der Waals surface area contributed by atoms with E-state index < -0.39 is 5.41 Å². The minimum atomic E-state index is -1.16. The van der Waals surface area contributed by atoms with Gasteiger partial charge in [0.15, 0.2) is 0 Å². The summed E-state index contributed by atoms with van der Waals surface area (Å²) in [6, 6.07) is 42.9. The number of phenolic OH excluding ortho intramolecular Hbond substituents is 4. The summed E-state index contributed by atoms with van der Waals surface area (Å²) in [7, 11) is 0. The highest BCUT2D eigenvalue weighted by atomic mass is 16.3. The first-order valence-corrected chi connectivity index (χ1v) is 14.9. The van der Waals surface area contributed by atoms with E-state index in [1.807, 2.05) is 48.5 Å². The van der Waals surface area contributed by atoms with E-state index in [0.717, 1.165) is 43.8 Å². The van der Waals surface area contributed by atoms with E-state index in [2.05, 4.69) is 48.5 Å². The highest BCUT2D eigenvalue weighted by molar-refractivity contribution is 6.04. The molecule has 214 valence electrons. The van der Waals surface area contributed by atoms with Crippen LogP contribution in [0.3, 0.4) is 0 Å². The van der Waals surface area contributed by atoms with Crippen molar-refractivity contribution in [2.45, 2.75) is 5.41 Å². The average molecular weight is 583 g/mol. The number of fused-ring (bicyclic) bond motifs is 7. The van der Waals surface area contributed by atoms with Crippen LogP contribution in [0.2, 0.25) is 0 Å². The van der Waals surface area contributed by atoms with Crippen molar-refractivity contribution in [3.8, 4) is 34.1 Å². The topological polar surface area (TPSA) is 80.9 Å². The maximum atomic E-state index is 12.3. The molecule has 0 bridgehead atoms. The van der Waals surface area contributed by atoms with Crippen LogP contribution in [0, 0.1) is 0 Å². The Balaban J connectivity index is 1.54. The van der Waals surface area contributed by atoms with Crippen LogP contribution in [0.15, 0.2) is 133 Å². The predicted molar refractivity (Wildman–Crippen MR) is 180 cm³/mol. The molecule has 4 nitrogen and oxygen atoms in total. The quantitative estimate of drug-likeness (QED) is 0.164. The first kappa shape index (κ1) is 25.5. The van der Waals surface area contributed by atoms with E-state index in [9.17, 15) is 20.4 Å². The second-order valence-electron chi connectivity index (χ2n) is 11.9. The Morgan fingerprint density at radius 2 is 0.733 bits per heavy atom. The van der Waals surface area contributed by atoms with Gasteiger partial charge in [-0.25, -0.2) is 0 Å². The summed E-state index contributed by atoms with van der Waals surface area (Å²) in [6.45, 7) is 0. The van der Waals surface area contributed by atoms with Crippen molar-refractivity contribution in [2.75, 3.05) is 0 Å². The Hall–Kier alpha value is -6.00. The molecule has 0 aliphatic heterocycles. The van der Waals surface area contributed by atoms with Gasteiger partial charge in [-0.2, -0.15) is 0 Å². The van der Waals surface area contributed by atoms with E-state index in [-0.39, 0.29) is 23.0 Å². The fourth-order valence-electron chi connectivity index (χ4n) is 7.67. The third-order valence-corrected chi connectivity index (χ3v) is 9.70. The Kier molecular flexibility index (Phi) is 5.10. The molecule has 0 heterocycles. The zero-order chi connectivity index (χ0) is 30.4. The van der Waals surface area contributed by atoms with Gasteiger partial charge >= 0.3 is 0 Å². The number of aromatic hydroxyl groups is 4. The average Bonchev–Trinajstić information content (AvgIpc) is 3.32. The third kappa shape index (κ3) is 3.31. The molecule has 0 fully saturated rings. The molecule has 1 aliphatic carbocycles. The Morgan fingerprint density at radius 3 is 1.16 bits per heavy atom. The van der Waals surface area contributed by atoms with E-state index in [1.165, 1.54) is 0 Å². The number of phenols is 4. The van der Waals surface area contributed by atoms with Crippen LogP contribution in [0.1, 0.15) is 22.3 Å². The summed E-state index contributed by atoms with van der Waals surface area (Å²) in [6.07, 6.45) is 0. The summed E-state index contributed by atoms with van der Waals surface area (Å²) in [5.41, 5.74) is 3.89. The van der Waals surface area contributed by atoms with Gasteiger partial charge in [-0.05, 0) is 80.2 Å². The van der Waals surface area contributed by atoms with Gasteiger partial charge in [0.05, 0.1) is 5.41 Å². The van der Waals surface area contributed by atoms with Gasteiger partial charge in [-0.3, -0.25) is 0 Å². The Morgan fingerprint density at radius 1 is 0.333 bits per heavy atom. The highest BCUT2D eigenvalue weighted by Gasteiger charge is 2.50. The lowest BCUT2D eigenvalue weighted by Crippen LogP contribution is -2.29. The molecule has 9 rings (SSSR count). The van der Waals surface area contributed by atoms with Crippen LogP contribution in [0.4, 0.5) is 0 Å². The van der Waals surface area contributed by atoms with Gasteiger partial charge in [-0.1, -0.05) is 97.1 Å². The summed E-state index contributed by atoms with van der Waals surface area (Å²) >= 11 is 0. The predicted octanol–water partition coefficient (Wildman–Crippen LogP) is 9.48. The maximum absolute atomic E-state index is 12.3. The molecule has 4 heteroatoms. The number of hydrogen-bond donors (Lipinski definition) is 4. The lowest BCUT2D eigenvalue weighted by molar-refractivity contribution is 0.453. The molecule has 0 atom stereocenters. The second-order valence-corrected chi connectivity index (χ2v) is 11.9. The van der Waals surface area contributed by atoms with Crippen LogP contribution >= 0.6 is 0 Å². The summed E-state index contributed by atoms with van der Waals surface area (Å²) in [4.78, 5) is 0. The van der Waals surface area contributed by atoms with Gasteiger partial charge < -0.3 is 20.4 Å². The van der Waals surface area contributed by atoms with E-state index in [0.29, 0.717) is 32.7 Å². The Labute approximate surface area is 258 Å². The lowest BCUT2D eigenvalue weighted by atomic mass is 9.66. The van der Waals surface area contributed by atoms with Crippen molar-refractivity contribution < 1.29 is 20.4 Å². The molecule has 45 heavy (non-hydrogen) atoms. The zero-order valence-electron chi connectivity index (χ0n) is 24.0. The van der Waals surface area contributed by atoms with E-state index >= 15 is 0 Å². The molecule has 0 saturated heterocycles. The molecule has 0 aromatic heterocycles. The largest absolute Gasteiger partial charge is 0.507 e. The second kappa shape index (κ2) is 9.01. The summed E-state index contributed by atoms with van der Waals surface area (Å²) in [5.74, 6) is 0.214. The van der Waals surface area contributed by atoms with Gasteiger partial charge in [-0.15, -0.1) is 0 Å². The van der Waals surface area contributed by atoms with Crippen LogP contribution < -0.4 is 0 Å². The minimum absolute atomic E-state index is 0.0268. The fraction of sp³-hybridized carbons (Fsp3) is 0.0244. The molecule has 4 N–H and O–H groups in total. The molecular formula is C41H26O4. The van der Waals surface area contributed by atoms with E-state index in [1.54, 1.807) is 36.4 Å². The number of rotatable bonds is 2. The van der Waals surface area contributed by atoms with Crippen molar-refractivity contribution in [2.24, 2.45) is 0 Å². The molecule has 0 saturated carbocycles. The van der Waals surface area contributed by atoms with Gasteiger partial charge in [0.1, 0.15) is 23.0 Å². The first-order valence-electron chi connectivity index (χ1n) is 14.9. The lowest BCUT2D eigenvalue weighted by Gasteiger charge is -2.35. The van der Waals surface area contributed by atoms with Crippen molar-refractivity contribution in [3.63, 3.8) is 0 Å². The third-order valence-electron chi connectivity index (χ3n) is 9.70. The molecule has 0 spiro atoms. The highest BCUT2D eigenvalue weighted by Crippen LogP contribution is 2.62. The van der Waals surface area contributed by atoms with Crippen molar-refractivity contribution in [1.29, 1.82) is 0 Å². The smallest absolute Gasteiger partial charge is 0.128 e. The first-order chi connectivity index (χ1) is 22.0. The number of benzene rings is 8. The molecule has 8 aromatic rings.